The third-order valence-electron chi connectivity index (χ3n) is 3.41. The highest BCUT2D eigenvalue weighted by Crippen LogP contribution is 2.31. The fourth-order valence-corrected chi connectivity index (χ4v) is 3.86. The van der Waals surface area contributed by atoms with Crippen molar-refractivity contribution in [3.8, 4) is 0 Å². The van der Waals surface area contributed by atoms with Gasteiger partial charge in [0.1, 0.15) is 0 Å². The molecule has 0 aromatic heterocycles. The molecule has 9 heteroatoms. The van der Waals surface area contributed by atoms with Gasteiger partial charge in [-0.15, -0.1) is 12.4 Å². The van der Waals surface area contributed by atoms with Gasteiger partial charge in [-0.3, -0.25) is 0 Å². The molecule has 1 saturated heterocycles. The first kappa shape index (κ1) is 19.2. The molecular formula is C13H18ClF3N2O2S. The molecule has 0 radical (unpaired) electrons. The van der Waals surface area contributed by atoms with E-state index in [-0.39, 0.29) is 28.9 Å². The number of hydrogen-bond donors (Lipinski definition) is 2. The zero-order valence-electron chi connectivity index (χ0n) is 11.9. The number of alkyl halides is 3. The molecule has 0 bridgehead atoms. The van der Waals surface area contributed by atoms with Crippen LogP contribution in [0, 0.1) is 6.92 Å². The Morgan fingerprint density at radius 1 is 1.32 bits per heavy atom. The Hall–Kier alpha value is -0.830. The van der Waals surface area contributed by atoms with Crippen LogP contribution in [-0.2, 0) is 16.2 Å². The van der Waals surface area contributed by atoms with E-state index in [1.54, 1.807) is 0 Å². The van der Waals surface area contributed by atoms with Crippen LogP contribution in [-0.4, -0.2) is 27.5 Å². The van der Waals surface area contributed by atoms with Crippen molar-refractivity contribution in [2.75, 3.05) is 13.1 Å². The predicted octanol–water partition coefficient (Wildman–Crippen LogP) is 2.47. The first-order valence-electron chi connectivity index (χ1n) is 6.61. The van der Waals surface area contributed by atoms with E-state index in [1.807, 2.05) is 0 Å². The van der Waals surface area contributed by atoms with Gasteiger partial charge < -0.3 is 5.32 Å². The summed E-state index contributed by atoms with van der Waals surface area (Å²) in [6.07, 6.45) is -2.90. The molecule has 0 spiro atoms. The van der Waals surface area contributed by atoms with Crippen molar-refractivity contribution >= 4 is 22.4 Å². The van der Waals surface area contributed by atoms with Gasteiger partial charge in [-0.2, -0.15) is 13.2 Å². The van der Waals surface area contributed by atoms with Crippen molar-refractivity contribution in [2.24, 2.45) is 0 Å². The number of piperidine rings is 1. The second-order valence-corrected chi connectivity index (χ2v) is 6.83. The van der Waals surface area contributed by atoms with Crippen LogP contribution >= 0.6 is 12.4 Å². The van der Waals surface area contributed by atoms with Crippen LogP contribution in [0.25, 0.3) is 0 Å². The normalized spacial score (nSPS) is 19.5. The van der Waals surface area contributed by atoms with Crippen molar-refractivity contribution in [1.29, 1.82) is 0 Å². The summed E-state index contributed by atoms with van der Waals surface area (Å²) in [5.41, 5.74) is -0.764. The standard InChI is InChI=1S/C13H17F3N2O2S.ClH/c1-9-7-10(13(14,15)16)4-5-12(9)21(19,20)18-11-3-2-6-17-8-11;/h4-5,7,11,17-18H,2-3,6,8H2,1H3;1H/t11-;/m1./s1. The van der Waals surface area contributed by atoms with E-state index in [0.29, 0.717) is 13.0 Å². The molecule has 0 aliphatic carbocycles. The van der Waals surface area contributed by atoms with Gasteiger partial charge in [-0.1, -0.05) is 0 Å². The lowest BCUT2D eigenvalue weighted by molar-refractivity contribution is -0.137. The molecular weight excluding hydrogens is 341 g/mol. The van der Waals surface area contributed by atoms with Gasteiger partial charge in [0.15, 0.2) is 0 Å². The summed E-state index contributed by atoms with van der Waals surface area (Å²) < 4.78 is 64.8. The van der Waals surface area contributed by atoms with E-state index in [1.165, 1.54) is 6.92 Å². The summed E-state index contributed by atoms with van der Waals surface area (Å²) in [5, 5.41) is 3.08. The van der Waals surface area contributed by atoms with Gasteiger partial charge in [-0.05, 0) is 50.1 Å². The molecule has 4 nitrogen and oxygen atoms in total. The first-order valence-corrected chi connectivity index (χ1v) is 8.09. The van der Waals surface area contributed by atoms with E-state index in [9.17, 15) is 21.6 Å². The summed E-state index contributed by atoms with van der Waals surface area (Å²) in [4.78, 5) is -0.110. The topological polar surface area (TPSA) is 58.2 Å². The highest BCUT2D eigenvalue weighted by molar-refractivity contribution is 7.89. The molecule has 0 saturated carbocycles. The molecule has 1 atom stereocenters. The summed E-state index contributed by atoms with van der Waals surface area (Å²) >= 11 is 0. The number of nitrogens with one attached hydrogen (secondary N) is 2. The molecule has 2 rings (SSSR count). The maximum absolute atomic E-state index is 12.6. The highest BCUT2D eigenvalue weighted by atomic mass is 35.5. The minimum absolute atomic E-state index is 0. The number of hydrogen-bond acceptors (Lipinski definition) is 3. The van der Waals surface area contributed by atoms with Crippen LogP contribution in [0.1, 0.15) is 24.0 Å². The lowest BCUT2D eigenvalue weighted by atomic mass is 10.1. The smallest absolute Gasteiger partial charge is 0.315 e. The minimum Gasteiger partial charge on any atom is -0.315 e. The van der Waals surface area contributed by atoms with Gasteiger partial charge in [0.2, 0.25) is 10.0 Å². The maximum Gasteiger partial charge on any atom is 0.416 e. The van der Waals surface area contributed by atoms with Crippen molar-refractivity contribution in [3.63, 3.8) is 0 Å². The molecule has 126 valence electrons. The zero-order chi connectivity index (χ0) is 15.7. The van der Waals surface area contributed by atoms with E-state index < -0.39 is 21.8 Å². The average Bonchev–Trinajstić information content (AvgIpc) is 2.37. The van der Waals surface area contributed by atoms with Gasteiger partial charge in [0.05, 0.1) is 10.5 Å². The molecule has 0 unspecified atom stereocenters. The van der Waals surface area contributed by atoms with Crippen LogP contribution in [0.15, 0.2) is 23.1 Å². The Kier molecular flexibility index (Phi) is 6.26. The number of halogens is 4. The number of aryl methyl sites for hydroxylation is 1. The lowest BCUT2D eigenvalue weighted by Gasteiger charge is -2.24. The summed E-state index contributed by atoms with van der Waals surface area (Å²) in [7, 11) is -3.81. The number of sulfonamides is 1. The van der Waals surface area contributed by atoms with Gasteiger partial charge >= 0.3 is 6.18 Å². The van der Waals surface area contributed by atoms with Crippen LogP contribution in [0.3, 0.4) is 0 Å². The number of benzene rings is 1. The van der Waals surface area contributed by atoms with E-state index in [4.69, 9.17) is 0 Å². The predicted molar refractivity (Wildman–Crippen MR) is 79.6 cm³/mol. The first-order chi connectivity index (χ1) is 9.70. The fourth-order valence-electron chi connectivity index (χ4n) is 2.36. The third-order valence-corrected chi connectivity index (χ3v) is 5.09. The molecule has 1 aliphatic heterocycles. The second kappa shape index (κ2) is 7.16. The lowest BCUT2D eigenvalue weighted by Crippen LogP contribution is -2.45. The van der Waals surface area contributed by atoms with Gasteiger partial charge in [0.25, 0.3) is 0 Å². The van der Waals surface area contributed by atoms with Gasteiger partial charge in [-0.25, -0.2) is 13.1 Å². The van der Waals surface area contributed by atoms with E-state index in [0.717, 1.165) is 31.2 Å². The summed E-state index contributed by atoms with van der Waals surface area (Å²) in [6, 6.07) is 2.43. The largest absolute Gasteiger partial charge is 0.416 e. The Morgan fingerprint density at radius 2 is 2.00 bits per heavy atom. The highest BCUT2D eigenvalue weighted by Gasteiger charge is 2.32. The van der Waals surface area contributed by atoms with Crippen LogP contribution in [0.4, 0.5) is 13.2 Å². The average molecular weight is 359 g/mol. The number of rotatable bonds is 3. The van der Waals surface area contributed by atoms with Gasteiger partial charge in [0, 0.05) is 12.6 Å². The molecule has 1 heterocycles. The zero-order valence-corrected chi connectivity index (χ0v) is 13.5. The minimum atomic E-state index is -4.48. The molecule has 0 amide bonds. The Morgan fingerprint density at radius 3 is 2.50 bits per heavy atom. The summed E-state index contributed by atoms with van der Waals surface area (Å²) in [6.45, 7) is 2.74. The maximum atomic E-state index is 12.6. The fraction of sp³-hybridized carbons (Fsp3) is 0.538. The summed E-state index contributed by atoms with van der Waals surface area (Å²) in [5.74, 6) is 0. The third kappa shape index (κ3) is 4.58. The Bertz CT molecular complexity index is 614. The molecule has 1 aromatic carbocycles. The second-order valence-electron chi connectivity index (χ2n) is 5.14. The Balaban J connectivity index is 0.00000242. The van der Waals surface area contributed by atoms with Crippen LogP contribution in [0.5, 0.6) is 0 Å². The van der Waals surface area contributed by atoms with Crippen molar-refractivity contribution in [1.82, 2.24) is 10.0 Å². The molecule has 22 heavy (non-hydrogen) atoms. The van der Waals surface area contributed by atoms with E-state index in [2.05, 4.69) is 10.0 Å². The van der Waals surface area contributed by atoms with E-state index >= 15 is 0 Å². The van der Waals surface area contributed by atoms with Crippen molar-refractivity contribution < 1.29 is 21.6 Å². The SMILES string of the molecule is Cc1cc(C(F)(F)F)ccc1S(=O)(=O)N[C@@H]1CCCNC1.Cl. The van der Waals surface area contributed by atoms with Crippen LogP contribution < -0.4 is 10.0 Å². The monoisotopic (exact) mass is 358 g/mol. The Labute approximate surface area is 133 Å². The molecule has 2 N–H and O–H groups in total. The molecule has 1 aromatic rings. The molecule has 1 aliphatic rings. The molecule has 1 fully saturated rings. The van der Waals surface area contributed by atoms with Crippen molar-refractivity contribution in [3.05, 3.63) is 29.3 Å². The van der Waals surface area contributed by atoms with Crippen molar-refractivity contribution in [2.45, 2.75) is 36.9 Å². The quantitative estimate of drug-likeness (QED) is 0.872. The van der Waals surface area contributed by atoms with Crippen LogP contribution in [0.2, 0.25) is 0 Å².